The number of para-hydroxylation sites is 1. The second kappa shape index (κ2) is 4.50. The van der Waals surface area contributed by atoms with Crippen molar-refractivity contribution in [1.29, 1.82) is 0 Å². The first-order valence-corrected chi connectivity index (χ1v) is 5.67. The van der Waals surface area contributed by atoms with E-state index in [1.165, 1.54) is 6.20 Å². The van der Waals surface area contributed by atoms with Gasteiger partial charge in [0.15, 0.2) is 0 Å². The molecule has 0 aliphatic rings. The average Bonchev–Trinajstić information content (AvgIpc) is 2.74. The van der Waals surface area contributed by atoms with E-state index in [0.29, 0.717) is 4.88 Å². The summed E-state index contributed by atoms with van der Waals surface area (Å²) in [5, 5.41) is 6.36. The predicted octanol–water partition coefficient (Wildman–Crippen LogP) is 2.55. The summed E-state index contributed by atoms with van der Waals surface area (Å²) in [4.78, 5) is 12.1. The molecular formula is C9H6BrN3OS. The molecule has 0 saturated heterocycles. The third kappa shape index (κ3) is 2.40. The molecule has 0 atom stereocenters. The van der Waals surface area contributed by atoms with Crippen LogP contribution in [0, 0.1) is 0 Å². The van der Waals surface area contributed by atoms with Crippen LogP contribution in [0.1, 0.15) is 9.67 Å². The lowest BCUT2D eigenvalue weighted by atomic mass is 10.3. The zero-order valence-electron chi connectivity index (χ0n) is 7.48. The van der Waals surface area contributed by atoms with Crippen LogP contribution in [0.3, 0.4) is 0 Å². The Hall–Kier alpha value is -1.27. The van der Waals surface area contributed by atoms with Crippen LogP contribution in [-0.4, -0.2) is 15.5 Å². The predicted molar refractivity (Wildman–Crippen MR) is 62.0 cm³/mol. The van der Waals surface area contributed by atoms with Gasteiger partial charge in [0, 0.05) is 4.47 Å². The molecular weight excluding hydrogens is 278 g/mol. The molecule has 76 valence electrons. The van der Waals surface area contributed by atoms with Gasteiger partial charge < -0.3 is 5.32 Å². The van der Waals surface area contributed by atoms with E-state index in [9.17, 15) is 4.79 Å². The van der Waals surface area contributed by atoms with Gasteiger partial charge in [0.2, 0.25) is 0 Å². The third-order valence-corrected chi connectivity index (χ3v) is 3.06. The van der Waals surface area contributed by atoms with Gasteiger partial charge in [-0.2, -0.15) is 0 Å². The van der Waals surface area contributed by atoms with Crippen LogP contribution >= 0.6 is 27.5 Å². The minimum Gasteiger partial charge on any atom is -0.320 e. The van der Waals surface area contributed by atoms with Crippen molar-refractivity contribution in [3.63, 3.8) is 0 Å². The molecule has 15 heavy (non-hydrogen) atoms. The molecule has 0 fully saturated rings. The molecule has 2 aromatic rings. The number of rotatable bonds is 2. The van der Waals surface area contributed by atoms with Crippen LogP contribution in [-0.2, 0) is 0 Å². The van der Waals surface area contributed by atoms with Gasteiger partial charge in [-0.05, 0) is 39.6 Å². The molecule has 0 aliphatic carbocycles. The van der Waals surface area contributed by atoms with E-state index in [4.69, 9.17) is 0 Å². The Labute approximate surface area is 98.6 Å². The normalized spacial score (nSPS) is 9.93. The first-order chi connectivity index (χ1) is 7.27. The molecule has 2 rings (SSSR count). The second-order valence-corrected chi connectivity index (χ2v) is 4.36. The summed E-state index contributed by atoms with van der Waals surface area (Å²) in [6.07, 6.45) is 1.44. The topological polar surface area (TPSA) is 54.9 Å². The second-order valence-electron chi connectivity index (χ2n) is 2.72. The molecule has 0 radical (unpaired) electrons. The SMILES string of the molecule is O=C(Nc1ccccc1Br)c1cnns1. The molecule has 0 aliphatic heterocycles. The number of halogens is 1. The van der Waals surface area contributed by atoms with Crippen LogP contribution in [0.25, 0.3) is 0 Å². The van der Waals surface area contributed by atoms with E-state index in [0.717, 1.165) is 21.7 Å². The molecule has 1 aromatic heterocycles. The molecule has 1 N–H and O–H groups in total. The summed E-state index contributed by atoms with van der Waals surface area (Å²) in [6.45, 7) is 0. The van der Waals surface area contributed by atoms with Crippen molar-refractivity contribution in [3.8, 4) is 0 Å². The van der Waals surface area contributed by atoms with Crippen molar-refractivity contribution < 1.29 is 4.79 Å². The molecule has 1 heterocycles. The van der Waals surface area contributed by atoms with Crippen LogP contribution < -0.4 is 5.32 Å². The lowest BCUT2D eigenvalue weighted by Gasteiger charge is -2.04. The number of anilines is 1. The summed E-state index contributed by atoms with van der Waals surface area (Å²) in [7, 11) is 0. The highest BCUT2D eigenvalue weighted by molar-refractivity contribution is 9.10. The fourth-order valence-electron chi connectivity index (χ4n) is 1.01. The third-order valence-electron chi connectivity index (χ3n) is 1.71. The Morgan fingerprint density at radius 3 is 2.87 bits per heavy atom. The summed E-state index contributed by atoms with van der Waals surface area (Å²) >= 11 is 4.41. The zero-order valence-corrected chi connectivity index (χ0v) is 9.88. The molecule has 0 unspecified atom stereocenters. The van der Waals surface area contributed by atoms with E-state index in [2.05, 4.69) is 30.8 Å². The Morgan fingerprint density at radius 2 is 2.20 bits per heavy atom. The number of carbonyl (C=O) groups is 1. The van der Waals surface area contributed by atoms with Crippen LogP contribution in [0.15, 0.2) is 34.9 Å². The van der Waals surface area contributed by atoms with Crippen LogP contribution in [0.5, 0.6) is 0 Å². The molecule has 1 aromatic carbocycles. The molecule has 0 spiro atoms. The number of hydrogen-bond acceptors (Lipinski definition) is 4. The Morgan fingerprint density at radius 1 is 1.40 bits per heavy atom. The molecule has 1 amide bonds. The number of benzene rings is 1. The van der Waals surface area contributed by atoms with Gasteiger partial charge in [-0.25, -0.2) is 0 Å². The van der Waals surface area contributed by atoms with Crippen molar-refractivity contribution in [1.82, 2.24) is 9.59 Å². The average molecular weight is 284 g/mol. The van der Waals surface area contributed by atoms with Gasteiger partial charge in [0.1, 0.15) is 4.88 Å². The van der Waals surface area contributed by atoms with E-state index in [-0.39, 0.29) is 5.91 Å². The van der Waals surface area contributed by atoms with Crippen LogP contribution in [0.4, 0.5) is 5.69 Å². The largest absolute Gasteiger partial charge is 0.320 e. The lowest BCUT2D eigenvalue weighted by molar-refractivity contribution is 0.103. The monoisotopic (exact) mass is 283 g/mol. The molecule has 0 bridgehead atoms. The number of carbonyl (C=O) groups excluding carboxylic acids is 1. The van der Waals surface area contributed by atoms with Gasteiger partial charge in [-0.3, -0.25) is 4.79 Å². The van der Waals surface area contributed by atoms with Gasteiger partial charge in [-0.1, -0.05) is 16.6 Å². The Kier molecular flexibility index (Phi) is 3.08. The number of amides is 1. The van der Waals surface area contributed by atoms with Crippen molar-refractivity contribution in [2.24, 2.45) is 0 Å². The number of nitrogens with zero attached hydrogens (tertiary/aromatic N) is 2. The maximum Gasteiger partial charge on any atom is 0.269 e. The smallest absolute Gasteiger partial charge is 0.269 e. The zero-order chi connectivity index (χ0) is 10.7. The van der Waals surface area contributed by atoms with Crippen molar-refractivity contribution in [3.05, 3.63) is 39.8 Å². The minimum absolute atomic E-state index is 0.197. The number of nitrogens with one attached hydrogen (secondary N) is 1. The summed E-state index contributed by atoms with van der Waals surface area (Å²) < 4.78 is 4.47. The molecule has 0 saturated carbocycles. The fourth-order valence-corrected chi connectivity index (χ4v) is 1.81. The first-order valence-electron chi connectivity index (χ1n) is 4.10. The van der Waals surface area contributed by atoms with E-state index in [1.807, 2.05) is 24.3 Å². The van der Waals surface area contributed by atoms with Crippen molar-refractivity contribution >= 4 is 39.1 Å². The van der Waals surface area contributed by atoms with Gasteiger partial charge in [-0.15, -0.1) is 5.10 Å². The summed E-state index contributed by atoms with van der Waals surface area (Å²) in [6, 6.07) is 7.41. The van der Waals surface area contributed by atoms with Gasteiger partial charge >= 0.3 is 0 Å². The molecule has 4 nitrogen and oxygen atoms in total. The highest BCUT2D eigenvalue weighted by atomic mass is 79.9. The minimum atomic E-state index is -0.197. The molecule has 6 heteroatoms. The quantitative estimate of drug-likeness (QED) is 0.922. The summed E-state index contributed by atoms with van der Waals surface area (Å²) in [5.74, 6) is -0.197. The standard InChI is InChI=1S/C9H6BrN3OS/c10-6-3-1-2-4-7(6)12-9(14)8-5-11-13-15-8/h1-5H,(H,12,14). The van der Waals surface area contributed by atoms with Crippen molar-refractivity contribution in [2.45, 2.75) is 0 Å². The van der Waals surface area contributed by atoms with Gasteiger partial charge in [0.25, 0.3) is 5.91 Å². The number of aromatic nitrogens is 2. The van der Waals surface area contributed by atoms with E-state index < -0.39 is 0 Å². The fraction of sp³-hybridized carbons (Fsp3) is 0. The highest BCUT2D eigenvalue weighted by Crippen LogP contribution is 2.21. The maximum atomic E-state index is 11.6. The number of hydrogen-bond donors (Lipinski definition) is 1. The first kappa shape index (κ1) is 10.3. The lowest BCUT2D eigenvalue weighted by Crippen LogP contribution is -2.10. The highest BCUT2D eigenvalue weighted by Gasteiger charge is 2.09. The Balaban J connectivity index is 2.17. The van der Waals surface area contributed by atoms with Crippen LogP contribution in [0.2, 0.25) is 0 Å². The van der Waals surface area contributed by atoms with E-state index >= 15 is 0 Å². The summed E-state index contributed by atoms with van der Waals surface area (Å²) in [5.41, 5.74) is 0.732. The van der Waals surface area contributed by atoms with Gasteiger partial charge in [0.05, 0.1) is 11.9 Å². The van der Waals surface area contributed by atoms with E-state index in [1.54, 1.807) is 0 Å². The Bertz CT molecular complexity index is 472. The maximum absolute atomic E-state index is 11.6. The van der Waals surface area contributed by atoms with Crippen molar-refractivity contribution in [2.75, 3.05) is 5.32 Å².